The van der Waals surface area contributed by atoms with Gasteiger partial charge >= 0.3 is 0 Å². The molecule has 1 N–H and O–H groups in total. The van der Waals surface area contributed by atoms with Gasteiger partial charge < -0.3 is 14.5 Å². The maximum atomic E-state index is 12.7. The van der Waals surface area contributed by atoms with Crippen molar-refractivity contribution >= 4 is 28.5 Å². The van der Waals surface area contributed by atoms with Crippen LogP contribution in [0.2, 0.25) is 5.02 Å². The van der Waals surface area contributed by atoms with E-state index in [2.05, 4.69) is 5.32 Å². The van der Waals surface area contributed by atoms with Gasteiger partial charge in [-0.2, -0.15) is 0 Å². The monoisotopic (exact) mass is 341 g/mol. The number of nitrogens with one attached hydrogen (secondary N) is 1. The van der Waals surface area contributed by atoms with Crippen LogP contribution in [0.1, 0.15) is 34.1 Å². The van der Waals surface area contributed by atoms with Crippen LogP contribution in [0.3, 0.4) is 0 Å². The van der Waals surface area contributed by atoms with Crippen LogP contribution in [0.15, 0.2) is 46.9 Å². The maximum absolute atomic E-state index is 12.7. The first-order valence-corrected chi connectivity index (χ1v) is 8.23. The highest BCUT2D eigenvalue weighted by Crippen LogP contribution is 2.33. The molecule has 2 aromatic carbocycles. The highest BCUT2D eigenvalue weighted by atomic mass is 35.5. The molecule has 4 rings (SSSR count). The number of hydrogen-bond acceptors (Lipinski definition) is 3. The summed E-state index contributed by atoms with van der Waals surface area (Å²) in [6.07, 6.45) is 0.725. The smallest absolute Gasteiger partial charge is 0.287 e. The van der Waals surface area contributed by atoms with Crippen molar-refractivity contribution in [3.8, 4) is 5.75 Å². The van der Waals surface area contributed by atoms with Crippen molar-refractivity contribution in [1.82, 2.24) is 5.32 Å². The van der Waals surface area contributed by atoms with Crippen molar-refractivity contribution in [2.24, 2.45) is 0 Å². The van der Waals surface area contributed by atoms with Crippen LogP contribution in [0.25, 0.3) is 11.0 Å². The largest absolute Gasteiger partial charge is 0.493 e. The second kappa shape index (κ2) is 5.87. The summed E-state index contributed by atoms with van der Waals surface area (Å²) in [7, 11) is 0. The summed E-state index contributed by atoms with van der Waals surface area (Å²) in [6.45, 7) is 2.45. The van der Waals surface area contributed by atoms with Crippen molar-refractivity contribution in [2.45, 2.75) is 19.4 Å². The van der Waals surface area contributed by atoms with Gasteiger partial charge in [0.25, 0.3) is 5.91 Å². The van der Waals surface area contributed by atoms with Gasteiger partial charge in [0, 0.05) is 22.9 Å². The van der Waals surface area contributed by atoms with Gasteiger partial charge in [0.15, 0.2) is 11.3 Å². The third-order valence-corrected chi connectivity index (χ3v) is 4.68. The van der Waals surface area contributed by atoms with Gasteiger partial charge in [0.05, 0.1) is 17.7 Å². The number of carbonyl (C=O) groups is 1. The lowest BCUT2D eigenvalue weighted by molar-refractivity contribution is 0.0898. The Kier molecular flexibility index (Phi) is 3.69. The zero-order valence-corrected chi connectivity index (χ0v) is 13.9. The lowest BCUT2D eigenvalue weighted by atomic mass is 10.0. The molecule has 5 heteroatoms. The van der Waals surface area contributed by atoms with E-state index in [1.165, 1.54) is 0 Å². The molecule has 0 fully saturated rings. The molecule has 122 valence electrons. The Labute approximate surface area is 144 Å². The second-order valence-electron chi connectivity index (χ2n) is 5.87. The average molecular weight is 342 g/mol. The minimum Gasteiger partial charge on any atom is -0.493 e. The van der Waals surface area contributed by atoms with E-state index in [9.17, 15) is 4.79 Å². The number of ether oxygens (including phenoxy) is 1. The Morgan fingerprint density at radius 3 is 2.88 bits per heavy atom. The Bertz CT molecular complexity index is 932. The molecule has 3 aromatic rings. The van der Waals surface area contributed by atoms with Crippen molar-refractivity contribution in [2.75, 3.05) is 6.61 Å². The number of furan rings is 1. The van der Waals surface area contributed by atoms with Crippen LogP contribution in [0.4, 0.5) is 0 Å². The fourth-order valence-electron chi connectivity index (χ4n) is 3.14. The van der Waals surface area contributed by atoms with E-state index in [0.29, 0.717) is 23.0 Å². The van der Waals surface area contributed by atoms with Crippen LogP contribution in [-0.4, -0.2) is 12.5 Å². The third-order valence-electron chi connectivity index (χ3n) is 4.39. The minimum absolute atomic E-state index is 0.0921. The fourth-order valence-corrected chi connectivity index (χ4v) is 3.35. The van der Waals surface area contributed by atoms with Gasteiger partial charge in [0.2, 0.25) is 0 Å². The van der Waals surface area contributed by atoms with Crippen LogP contribution in [0.5, 0.6) is 5.75 Å². The van der Waals surface area contributed by atoms with E-state index in [0.717, 1.165) is 28.7 Å². The minimum atomic E-state index is -0.235. The first-order chi connectivity index (χ1) is 11.6. The normalized spacial score (nSPS) is 16.5. The summed E-state index contributed by atoms with van der Waals surface area (Å²) in [5.41, 5.74) is 2.34. The molecule has 1 amide bonds. The number of halogens is 1. The molecule has 0 aliphatic carbocycles. The van der Waals surface area contributed by atoms with E-state index in [1.54, 1.807) is 6.07 Å². The van der Waals surface area contributed by atoms with E-state index in [4.69, 9.17) is 20.8 Å². The summed E-state index contributed by atoms with van der Waals surface area (Å²) in [4.78, 5) is 12.7. The first kappa shape index (κ1) is 15.1. The number of benzene rings is 2. The SMILES string of the molecule is Cc1c(C(=O)NC2CCOc3ccccc32)oc2c(Cl)cccc12. The summed E-state index contributed by atoms with van der Waals surface area (Å²) in [6, 6.07) is 13.2. The predicted octanol–water partition coefficient (Wildman–Crippen LogP) is 4.65. The maximum Gasteiger partial charge on any atom is 0.287 e. The zero-order chi connectivity index (χ0) is 16.7. The molecule has 24 heavy (non-hydrogen) atoms. The lowest BCUT2D eigenvalue weighted by Gasteiger charge is -2.26. The highest BCUT2D eigenvalue weighted by molar-refractivity contribution is 6.35. The highest BCUT2D eigenvalue weighted by Gasteiger charge is 2.26. The van der Waals surface area contributed by atoms with Gasteiger partial charge in [0.1, 0.15) is 5.75 Å². The van der Waals surface area contributed by atoms with E-state index in [-0.39, 0.29) is 11.9 Å². The van der Waals surface area contributed by atoms with Gasteiger partial charge in [-0.05, 0) is 19.1 Å². The molecule has 2 heterocycles. The van der Waals surface area contributed by atoms with Gasteiger partial charge in [-0.25, -0.2) is 0 Å². The molecule has 0 saturated heterocycles. The van der Waals surface area contributed by atoms with Crippen LogP contribution in [-0.2, 0) is 0 Å². The standard InChI is InChI=1S/C19H16ClNO3/c1-11-12-6-4-7-14(20)18(12)24-17(11)19(22)21-15-9-10-23-16-8-3-2-5-13(15)16/h2-8,15H,9-10H2,1H3,(H,21,22). The van der Waals surface area contributed by atoms with Crippen molar-refractivity contribution in [3.05, 3.63) is 64.4 Å². The van der Waals surface area contributed by atoms with E-state index >= 15 is 0 Å². The molecule has 0 bridgehead atoms. The Morgan fingerprint density at radius 1 is 1.21 bits per heavy atom. The van der Waals surface area contributed by atoms with Gasteiger partial charge in [-0.15, -0.1) is 0 Å². The van der Waals surface area contributed by atoms with Crippen LogP contribution in [0, 0.1) is 6.92 Å². The zero-order valence-electron chi connectivity index (χ0n) is 13.1. The number of para-hydroxylation sites is 2. The molecule has 1 aliphatic heterocycles. The average Bonchev–Trinajstić information content (AvgIpc) is 2.94. The number of aryl methyl sites for hydroxylation is 1. The Hall–Kier alpha value is -2.46. The van der Waals surface area contributed by atoms with Crippen LogP contribution >= 0.6 is 11.6 Å². The Balaban J connectivity index is 1.66. The lowest BCUT2D eigenvalue weighted by Crippen LogP contribution is -2.32. The molecule has 1 aromatic heterocycles. The topological polar surface area (TPSA) is 51.5 Å². The first-order valence-electron chi connectivity index (χ1n) is 7.85. The molecule has 1 aliphatic rings. The fraction of sp³-hybridized carbons (Fsp3) is 0.211. The van der Waals surface area contributed by atoms with Crippen molar-refractivity contribution < 1.29 is 13.9 Å². The van der Waals surface area contributed by atoms with E-state index < -0.39 is 0 Å². The van der Waals surface area contributed by atoms with Gasteiger partial charge in [-0.1, -0.05) is 41.9 Å². The third kappa shape index (κ3) is 2.43. The number of rotatable bonds is 2. The molecule has 1 unspecified atom stereocenters. The molecule has 0 saturated carbocycles. The Morgan fingerprint density at radius 2 is 2.04 bits per heavy atom. The number of carbonyl (C=O) groups excluding carboxylic acids is 1. The van der Waals surface area contributed by atoms with Crippen molar-refractivity contribution in [3.63, 3.8) is 0 Å². The summed E-state index contributed by atoms with van der Waals surface area (Å²) >= 11 is 6.16. The van der Waals surface area contributed by atoms with E-state index in [1.807, 2.05) is 43.3 Å². The summed E-state index contributed by atoms with van der Waals surface area (Å²) in [5.74, 6) is 0.891. The molecule has 4 nitrogen and oxygen atoms in total. The number of amides is 1. The summed E-state index contributed by atoms with van der Waals surface area (Å²) < 4.78 is 11.4. The molecule has 0 spiro atoms. The number of fused-ring (bicyclic) bond motifs is 2. The quantitative estimate of drug-likeness (QED) is 0.738. The van der Waals surface area contributed by atoms with Gasteiger partial charge in [-0.3, -0.25) is 4.79 Å². The number of hydrogen-bond donors (Lipinski definition) is 1. The molecule has 1 atom stereocenters. The predicted molar refractivity (Wildman–Crippen MR) is 92.7 cm³/mol. The molecule has 0 radical (unpaired) electrons. The molecular weight excluding hydrogens is 326 g/mol. The van der Waals surface area contributed by atoms with Crippen LogP contribution < -0.4 is 10.1 Å². The second-order valence-corrected chi connectivity index (χ2v) is 6.28. The summed E-state index contributed by atoms with van der Waals surface area (Å²) in [5, 5.41) is 4.42. The molecular formula is C19H16ClNO3. The van der Waals surface area contributed by atoms with Crippen molar-refractivity contribution in [1.29, 1.82) is 0 Å².